The van der Waals surface area contributed by atoms with Gasteiger partial charge < -0.3 is 5.73 Å². The van der Waals surface area contributed by atoms with Crippen molar-refractivity contribution in [3.8, 4) is 0 Å². The number of nitrogen functional groups attached to an aromatic ring is 1. The summed E-state index contributed by atoms with van der Waals surface area (Å²) in [4.78, 5) is 3.80. The molecule has 0 saturated heterocycles. The monoisotopic (exact) mass is 348 g/mol. The first-order valence-corrected chi connectivity index (χ1v) is 4.78. The summed E-state index contributed by atoms with van der Waals surface area (Å²) in [6.07, 6.45) is -1.34. The molecule has 0 aliphatic carbocycles. The smallest absolute Gasteiger partial charge is 0.267 e. The Morgan fingerprint density at radius 2 is 2.17 bits per heavy atom. The molecule has 0 aromatic carbocycles. The highest BCUT2D eigenvalue weighted by Gasteiger charge is 2.17. The summed E-state index contributed by atoms with van der Waals surface area (Å²) < 4.78 is 25.4. The van der Waals surface area contributed by atoms with Gasteiger partial charge in [0.05, 0.1) is 21.9 Å². The second-order valence-corrected chi connectivity index (χ2v) is 3.85. The number of anilines is 1. The minimum atomic E-state index is -2.57. The minimum Gasteiger partial charge on any atom is -0.397 e. The fraction of sp³-hybridized carbons (Fsp3) is 0.167. The number of aromatic nitrogens is 1. The van der Waals surface area contributed by atoms with E-state index in [2.05, 4.69) is 20.9 Å². The molecule has 2 N–H and O–H groups in total. The van der Waals surface area contributed by atoms with Crippen molar-refractivity contribution in [3.63, 3.8) is 0 Å². The van der Waals surface area contributed by atoms with Crippen molar-refractivity contribution in [2.75, 3.05) is 5.73 Å². The van der Waals surface area contributed by atoms with Crippen LogP contribution in [0.25, 0.3) is 0 Å². The summed E-state index contributed by atoms with van der Waals surface area (Å²) in [6.45, 7) is 0. The van der Waals surface area contributed by atoms with Gasteiger partial charge in [-0.25, -0.2) is 13.8 Å². The van der Waals surface area contributed by atoms with Crippen LogP contribution in [0.1, 0.15) is 12.0 Å². The number of halogens is 4. The Balaban J connectivity index is 3.33. The topological polar surface area (TPSA) is 38.9 Å². The van der Waals surface area contributed by atoms with Crippen LogP contribution in [0, 0.1) is 3.70 Å². The Labute approximate surface area is 89.8 Å². The average Bonchev–Trinajstić information content (AvgIpc) is 1.97. The summed E-state index contributed by atoms with van der Waals surface area (Å²) in [5, 5.41) is 0. The van der Waals surface area contributed by atoms with Gasteiger partial charge in [-0.3, -0.25) is 0 Å². The van der Waals surface area contributed by atoms with E-state index in [0.29, 0.717) is 3.70 Å². The maximum absolute atomic E-state index is 12.3. The Bertz CT molecular complexity index is 306. The molecule has 12 heavy (non-hydrogen) atoms. The zero-order chi connectivity index (χ0) is 9.30. The zero-order valence-electron chi connectivity index (χ0n) is 5.69. The molecule has 0 bridgehead atoms. The van der Waals surface area contributed by atoms with Gasteiger partial charge in [0.25, 0.3) is 6.43 Å². The van der Waals surface area contributed by atoms with Gasteiger partial charge in [-0.05, 0) is 38.5 Å². The number of nitrogens with zero attached hydrogens (tertiary/aromatic N) is 1. The summed E-state index contributed by atoms with van der Waals surface area (Å²) >= 11 is 4.85. The van der Waals surface area contributed by atoms with Crippen LogP contribution >= 0.6 is 38.5 Å². The van der Waals surface area contributed by atoms with Gasteiger partial charge in [0.15, 0.2) is 0 Å². The zero-order valence-corrected chi connectivity index (χ0v) is 9.43. The molecule has 0 fully saturated rings. The predicted molar refractivity (Wildman–Crippen MR) is 54.0 cm³/mol. The fourth-order valence-corrected chi connectivity index (χ4v) is 1.65. The molecule has 6 heteroatoms. The van der Waals surface area contributed by atoms with E-state index in [0.717, 1.165) is 0 Å². The molecule has 0 saturated carbocycles. The normalized spacial score (nSPS) is 10.8. The van der Waals surface area contributed by atoms with Crippen LogP contribution in [0.5, 0.6) is 0 Å². The van der Waals surface area contributed by atoms with E-state index in [1.54, 1.807) is 0 Å². The van der Waals surface area contributed by atoms with E-state index in [1.165, 1.54) is 6.20 Å². The number of hydrogen-bond donors (Lipinski definition) is 1. The van der Waals surface area contributed by atoms with Gasteiger partial charge >= 0.3 is 0 Å². The van der Waals surface area contributed by atoms with E-state index in [1.807, 2.05) is 22.6 Å². The number of hydrogen-bond acceptors (Lipinski definition) is 2. The molecule has 1 heterocycles. The van der Waals surface area contributed by atoms with Gasteiger partial charge in [0.1, 0.15) is 3.70 Å². The third-order valence-corrected chi connectivity index (χ3v) is 3.63. The summed E-state index contributed by atoms with van der Waals surface area (Å²) in [6, 6.07) is 0. The molecule has 2 nitrogen and oxygen atoms in total. The standard InChI is InChI=1S/C6H4BrF2IN2/c7-4-3(5(8)9)2(11)1-12-6(4)10/h1,5H,11H2. The second-order valence-electron chi connectivity index (χ2n) is 2.03. The minimum absolute atomic E-state index is 0.0114. The van der Waals surface area contributed by atoms with Crippen LogP contribution in [0.3, 0.4) is 0 Å². The van der Waals surface area contributed by atoms with Crippen LogP contribution < -0.4 is 5.73 Å². The molecular formula is C6H4BrF2IN2. The van der Waals surface area contributed by atoms with Crippen LogP contribution in [-0.2, 0) is 0 Å². The third kappa shape index (κ3) is 1.85. The van der Waals surface area contributed by atoms with E-state index in [-0.39, 0.29) is 15.7 Å². The fourth-order valence-electron chi connectivity index (χ4n) is 0.712. The Kier molecular flexibility index (Phi) is 3.22. The van der Waals surface area contributed by atoms with Crippen molar-refractivity contribution in [1.82, 2.24) is 4.98 Å². The van der Waals surface area contributed by atoms with Gasteiger partial charge in [-0.2, -0.15) is 0 Å². The second kappa shape index (κ2) is 3.82. The maximum Gasteiger partial charge on any atom is 0.267 e. The molecule has 0 atom stereocenters. The molecule has 1 aromatic heterocycles. The SMILES string of the molecule is Nc1cnc(I)c(Br)c1C(F)F. The summed E-state index contributed by atoms with van der Waals surface area (Å²) in [5.41, 5.74) is 5.14. The molecule has 66 valence electrons. The quantitative estimate of drug-likeness (QED) is 0.626. The first-order chi connectivity index (χ1) is 5.54. The molecular weight excluding hydrogens is 345 g/mol. The van der Waals surface area contributed by atoms with Crippen molar-refractivity contribution in [2.45, 2.75) is 6.43 Å². The number of pyridine rings is 1. The Hall–Kier alpha value is 0.0200. The molecule has 0 amide bonds. The van der Waals surface area contributed by atoms with Crippen LogP contribution in [0.2, 0.25) is 0 Å². The van der Waals surface area contributed by atoms with Crippen LogP contribution in [0.15, 0.2) is 10.7 Å². The van der Waals surface area contributed by atoms with E-state index in [4.69, 9.17) is 5.73 Å². The van der Waals surface area contributed by atoms with Crippen molar-refractivity contribution < 1.29 is 8.78 Å². The summed E-state index contributed by atoms with van der Waals surface area (Å²) in [5.74, 6) is 0. The van der Waals surface area contributed by atoms with E-state index < -0.39 is 6.43 Å². The number of nitrogens with two attached hydrogens (primary N) is 1. The first kappa shape index (κ1) is 10.1. The lowest BCUT2D eigenvalue weighted by atomic mass is 10.2. The number of alkyl halides is 2. The molecule has 0 spiro atoms. The van der Waals surface area contributed by atoms with Gasteiger partial charge in [-0.1, -0.05) is 0 Å². The average molecular weight is 349 g/mol. The van der Waals surface area contributed by atoms with Gasteiger partial charge in [-0.15, -0.1) is 0 Å². The predicted octanol–water partition coefficient (Wildman–Crippen LogP) is 2.97. The van der Waals surface area contributed by atoms with Crippen molar-refractivity contribution in [1.29, 1.82) is 0 Å². The van der Waals surface area contributed by atoms with E-state index >= 15 is 0 Å². The van der Waals surface area contributed by atoms with Crippen molar-refractivity contribution in [3.05, 3.63) is 19.9 Å². The highest BCUT2D eigenvalue weighted by atomic mass is 127. The molecule has 0 aliphatic rings. The molecule has 1 aromatic rings. The Morgan fingerprint density at radius 3 is 2.58 bits per heavy atom. The first-order valence-electron chi connectivity index (χ1n) is 2.91. The highest BCUT2D eigenvalue weighted by Crippen LogP contribution is 2.33. The summed E-state index contributed by atoms with van der Waals surface area (Å²) in [7, 11) is 0. The third-order valence-electron chi connectivity index (χ3n) is 1.26. The van der Waals surface area contributed by atoms with E-state index in [9.17, 15) is 8.78 Å². The van der Waals surface area contributed by atoms with Gasteiger partial charge in [0, 0.05) is 0 Å². The highest BCUT2D eigenvalue weighted by molar-refractivity contribution is 14.1. The lowest BCUT2D eigenvalue weighted by Gasteiger charge is -2.07. The lowest BCUT2D eigenvalue weighted by molar-refractivity contribution is 0.151. The Morgan fingerprint density at radius 1 is 1.58 bits per heavy atom. The molecule has 1 rings (SSSR count). The van der Waals surface area contributed by atoms with Crippen LogP contribution in [0.4, 0.5) is 14.5 Å². The van der Waals surface area contributed by atoms with Crippen molar-refractivity contribution in [2.24, 2.45) is 0 Å². The lowest BCUT2D eigenvalue weighted by Crippen LogP contribution is -1.99. The largest absolute Gasteiger partial charge is 0.397 e. The van der Waals surface area contributed by atoms with Crippen molar-refractivity contribution >= 4 is 44.2 Å². The molecule has 0 aliphatic heterocycles. The van der Waals surface area contributed by atoms with Gasteiger partial charge in [0.2, 0.25) is 0 Å². The molecule has 0 unspecified atom stereocenters. The maximum atomic E-state index is 12.3. The van der Waals surface area contributed by atoms with Crippen LogP contribution in [-0.4, -0.2) is 4.98 Å². The molecule has 0 radical (unpaired) electrons. The number of rotatable bonds is 1.